The van der Waals surface area contributed by atoms with Crippen molar-refractivity contribution in [3.63, 3.8) is 0 Å². The molecule has 0 heterocycles. The molecule has 2 aromatic rings. The quantitative estimate of drug-likeness (QED) is 0.607. The number of rotatable bonds is 8. The van der Waals surface area contributed by atoms with Gasteiger partial charge in [-0.3, -0.25) is 4.31 Å². The van der Waals surface area contributed by atoms with E-state index in [2.05, 4.69) is 24.5 Å². The van der Waals surface area contributed by atoms with Crippen LogP contribution in [-0.2, 0) is 10.0 Å². The molecule has 0 fully saturated rings. The van der Waals surface area contributed by atoms with Gasteiger partial charge in [0.2, 0.25) is 10.0 Å². The van der Waals surface area contributed by atoms with Gasteiger partial charge in [0.1, 0.15) is 5.75 Å². The molecule has 6 nitrogen and oxygen atoms in total. The van der Waals surface area contributed by atoms with Crippen LogP contribution in [0.4, 0.5) is 11.4 Å². The summed E-state index contributed by atoms with van der Waals surface area (Å²) in [6.07, 6.45) is 2.08. The lowest BCUT2D eigenvalue weighted by molar-refractivity contribution is 0.414. The molecule has 0 spiro atoms. The predicted molar refractivity (Wildman–Crippen MR) is 124 cm³/mol. The summed E-state index contributed by atoms with van der Waals surface area (Å²) in [6, 6.07) is 15.1. The van der Waals surface area contributed by atoms with Crippen LogP contribution in [-0.4, -0.2) is 33.9 Å². The summed E-state index contributed by atoms with van der Waals surface area (Å²) in [5, 5.41) is 7.01. The summed E-state index contributed by atoms with van der Waals surface area (Å²) in [5.74, 6) is 1.29. The van der Waals surface area contributed by atoms with Gasteiger partial charge in [0.25, 0.3) is 0 Å². The third-order valence-electron chi connectivity index (χ3n) is 4.50. The average Bonchev–Trinajstić information content (AvgIpc) is 2.66. The van der Waals surface area contributed by atoms with E-state index in [4.69, 9.17) is 17.0 Å². The van der Waals surface area contributed by atoms with Crippen molar-refractivity contribution in [1.29, 1.82) is 0 Å². The number of methoxy groups -OCH3 is 1. The van der Waals surface area contributed by atoms with Crippen molar-refractivity contribution in [3.8, 4) is 5.75 Å². The number of benzene rings is 2. The fraction of sp³-hybridized carbons (Fsp3) is 0.381. The van der Waals surface area contributed by atoms with Crippen LogP contribution in [0.15, 0.2) is 48.5 Å². The zero-order valence-corrected chi connectivity index (χ0v) is 19.1. The number of nitrogens with zero attached hydrogens (tertiary/aromatic N) is 1. The largest absolute Gasteiger partial charge is 0.497 e. The maximum atomic E-state index is 11.8. The highest BCUT2D eigenvalue weighted by atomic mass is 32.2. The summed E-state index contributed by atoms with van der Waals surface area (Å²) in [6.45, 7) is 4.33. The molecule has 29 heavy (non-hydrogen) atoms. The number of ether oxygens (including phenoxy) is 1. The van der Waals surface area contributed by atoms with E-state index in [-0.39, 0.29) is 6.04 Å². The van der Waals surface area contributed by atoms with E-state index in [9.17, 15) is 8.42 Å². The molecule has 158 valence electrons. The van der Waals surface area contributed by atoms with Crippen LogP contribution in [0, 0.1) is 5.92 Å². The first-order valence-electron chi connectivity index (χ1n) is 9.35. The van der Waals surface area contributed by atoms with Crippen LogP contribution >= 0.6 is 12.2 Å². The summed E-state index contributed by atoms with van der Waals surface area (Å²) < 4.78 is 30.0. The molecule has 0 amide bonds. The second-order valence-electron chi connectivity index (χ2n) is 7.33. The molecule has 0 unspecified atom stereocenters. The Kier molecular flexibility index (Phi) is 7.87. The molecular weight excluding hydrogens is 406 g/mol. The van der Waals surface area contributed by atoms with Crippen LogP contribution in [0.5, 0.6) is 5.75 Å². The smallest absolute Gasteiger partial charge is 0.231 e. The second-order valence-corrected chi connectivity index (χ2v) is 9.76. The molecule has 0 saturated heterocycles. The van der Waals surface area contributed by atoms with Gasteiger partial charge in [0.15, 0.2) is 5.11 Å². The molecule has 0 bridgehead atoms. The molecule has 8 heteroatoms. The van der Waals surface area contributed by atoms with E-state index < -0.39 is 10.0 Å². The summed E-state index contributed by atoms with van der Waals surface area (Å²) in [7, 11) is -0.161. The molecule has 0 aliphatic carbocycles. The highest BCUT2D eigenvalue weighted by molar-refractivity contribution is 7.92. The van der Waals surface area contributed by atoms with Gasteiger partial charge in [-0.25, -0.2) is 8.42 Å². The van der Waals surface area contributed by atoms with Crippen molar-refractivity contribution < 1.29 is 13.2 Å². The molecule has 2 aromatic carbocycles. The zero-order valence-electron chi connectivity index (χ0n) is 17.5. The second kappa shape index (κ2) is 9.93. The van der Waals surface area contributed by atoms with E-state index in [0.29, 0.717) is 22.4 Å². The third kappa shape index (κ3) is 6.90. The number of sulfonamides is 1. The monoisotopic (exact) mass is 435 g/mol. The van der Waals surface area contributed by atoms with Crippen molar-refractivity contribution in [2.24, 2.45) is 5.92 Å². The zero-order chi connectivity index (χ0) is 21.6. The molecule has 0 aromatic heterocycles. The van der Waals surface area contributed by atoms with Gasteiger partial charge < -0.3 is 15.4 Å². The van der Waals surface area contributed by atoms with E-state index in [1.165, 1.54) is 17.6 Å². The normalized spacial score (nSPS) is 12.3. The van der Waals surface area contributed by atoms with Crippen molar-refractivity contribution in [3.05, 3.63) is 54.1 Å². The van der Waals surface area contributed by atoms with E-state index in [1.54, 1.807) is 25.3 Å². The molecule has 2 rings (SSSR count). The molecular formula is C21H29N3O3S2. The number of anilines is 2. The van der Waals surface area contributed by atoms with Crippen molar-refractivity contribution in [2.75, 3.05) is 30.0 Å². The number of nitrogens with one attached hydrogen (secondary N) is 2. The molecule has 1 atom stereocenters. The van der Waals surface area contributed by atoms with Crippen LogP contribution < -0.4 is 19.7 Å². The van der Waals surface area contributed by atoms with Gasteiger partial charge >= 0.3 is 0 Å². The predicted octanol–water partition coefficient (Wildman–Crippen LogP) is 4.16. The van der Waals surface area contributed by atoms with Gasteiger partial charge in [-0.15, -0.1) is 0 Å². The molecule has 2 N–H and O–H groups in total. The van der Waals surface area contributed by atoms with Crippen LogP contribution in [0.2, 0.25) is 0 Å². The molecule has 0 radical (unpaired) electrons. The minimum atomic E-state index is -3.33. The highest BCUT2D eigenvalue weighted by Gasteiger charge is 2.16. The van der Waals surface area contributed by atoms with Gasteiger partial charge in [0, 0.05) is 12.7 Å². The van der Waals surface area contributed by atoms with Gasteiger partial charge in [-0.2, -0.15) is 0 Å². The Morgan fingerprint density at radius 1 is 1.17 bits per heavy atom. The van der Waals surface area contributed by atoms with E-state index >= 15 is 0 Å². The Bertz CT molecular complexity index is 928. The van der Waals surface area contributed by atoms with Gasteiger partial charge in [0.05, 0.1) is 25.1 Å². The lowest BCUT2D eigenvalue weighted by Gasteiger charge is -2.24. The van der Waals surface area contributed by atoms with Gasteiger partial charge in [-0.05, 0) is 60.5 Å². The standard InChI is InChI=1S/C21H29N3O3S2/c1-15(2)13-20(16-9-11-19(27-4)12-10-16)23-21(28)22-17-7-6-8-18(14-17)24(3)29(5,25)26/h6-12,14-15,20H,13H2,1-5H3,(H2,22,23,28)/t20-/m1/s1. The van der Waals surface area contributed by atoms with Gasteiger partial charge in [-0.1, -0.05) is 32.0 Å². The number of hydrogen-bond donors (Lipinski definition) is 2. The first-order chi connectivity index (χ1) is 13.6. The first-order valence-corrected chi connectivity index (χ1v) is 11.6. The van der Waals surface area contributed by atoms with E-state index in [0.717, 1.165) is 17.7 Å². The molecule has 0 aliphatic rings. The lowest BCUT2D eigenvalue weighted by atomic mass is 9.97. The van der Waals surface area contributed by atoms with Crippen molar-refractivity contribution in [1.82, 2.24) is 5.32 Å². The Labute approximate surface area is 179 Å². The fourth-order valence-corrected chi connectivity index (χ4v) is 3.64. The summed E-state index contributed by atoms with van der Waals surface area (Å²) in [5.41, 5.74) is 2.40. The van der Waals surface area contributed by atoms with Crippen molar-refractivity contribution in [2.45, 2.75) is 26.3 Å². The van der Waals surface area contributed by atoms with E-state index in [1.807, 2.05) is 30.3 Å². The summed E-state index contributed by atoms with van der Waals surface area (Å²) >= 11 is 5.52. The maximum absolute atomic E-state index is 11.8. The Balaban J connectivity index is 2.13. The van der Waals surface area contributed by atoms with Crippen LogP contribution in [0.25, 0.3) is 0 Å². The first kappa shape index (κ1) is 23.0. The Morgan fingerprint density at radius 3 is 2.38 bits per heavy atom. The van der Waals surface area contributed by atoms with Crippen molar-refractivity contribution >= 4 is 38.7 Å². The topological polar surface area (TPSA) is 70.7 Å². The highest BCUT2D eigenvalue weighted by Crippen LogP contribution is 2.24. The average molecular weight is 436 g/mol. The van der Waals surface area contributed by atoms with Crippen LogP contribution in [0.1, 0.15) is 31.9 Å². The molecule has 0 saturated carbocycles. The number of hydrogen-bond acceptors (Lipinski definition) is 4. The lowest BCUT2D eigenvalue weighted by Crippen LogP contribution is -2.33. The minimum absolute atomic E-state index is 0.0442. The number of thiocarbonyl (C=S) groups is 1. The maximum Gasteiger partial charge on any atom is 0.231 e. The summed E-state index contributed by atoms with van der Waals surface area (Å²) in [4.78, 5) is 0. The SMILES string of the molecule is COc1ccc([C@@H](CC(C)C)NC(=S)Nc2cccc(N(C)S(C)(=O)=O)c2)cc1. The minimum Gasteiger partial charge on any atom is -0.497 e. The Hall–Kier alpha value is -2.32. The molecule has 0 aliphatic heterocycles. The Morgan fingerprint density at radius 2 is 1.83 bits per heavy atom. The third-order valence-corrected chi connectivity index (χ3v) is 5.92. The fourth-order valence-electron chi connectivity index (χ4n) is 2.88. The van der Waals surface area contributed by atoms with Crippen LogP contribution in [0.3, 0.4) is 0 Å².